The molecule has 0 unspecified atom stereocenters. The lowest BCUT2D eigenvalue weighted by Gasteiger charge is -2.13. The highest BCUT2D eigenvalue weighted by Crippen LogP contribution is 2.27. The number of fused-ring (bicyclic) bond motifs is 3. The Morgan fingerprint density at radius 1 is 0.914 bits per heavy atom. The number of hydrogen-bond acceptors (Lipinski definition) is 6. The summed E-state index contributed by atoms with van der Waals surface area (Å²) in [7, 11) is 0. The van der Waals surface area contributed by atoms with E-state index >= 15 is 0 Å². The highest BCUT2D eigenvalue weighted by Gasteiger charge is 2.19. The van der Waals surface area contributed by atoms with Crippen LogP contribution in [0.5, 0.6) is 0 Å². The summed E-state index contributed by atoms with van der Waals surface area (Å²) in [5, 5.41) is 10.2. The minimum atomic E-state index is -0.120. The molecule has 3 aromatic carbocycles. The summed E-state index contributed by atoms with van der Waals surface area (Å²) in [6, 6.07) is 23.4. The van der Waals surface area contributed by atoms with E-state index in [-0.39, 0.29) is 5.56 Å². The Balaban J connectivity index is 1.42. The van der Waals surface area contributed by atoms with Crippen molar-refractivity contribution in [2.24, 2.45) is 0 Å². The number of benzene rings is 3. The molecule has 0 aliphatic heterocycles. The van der Waals surface area contributed by atoms with E-state index in [0.29, 0.717) is 28.0 Å². The standard InChI is InChI=1S/C27H21N5O2S/c1-17-11-13-19(14-12-17)24-28-20(15-34-24)16-35-27-30-29-26-31(22-9-5-3-7-18(22)2)25(33)21-8-4-6-10-23(21)32(26)27/h3-15H,16H2,1-2H3. The number of thioether (sulfide) groups is 1. The first-order chi connectivity index (χ1) is 17.1. The number of para-hydroxylation sites is 2. The Hall–Kier alpha value is -4.17. The molecule has 6 rings (SSSR count). The zero-order valence-corrected chi connectivity index (χ0v) is 20.0. The fraction of sp³-hybridized carbons (Fsp3) is 0.111. The third-order valence-electron chi connectivity index (χ3n) is 5.95. The van der Waals surface area contributed by atoms with E-state index in [0.717, 1.165) is 28.0 Å². The van der Waals surface area contributed by atoms with Crippen LogP contribution in [-0.4, -0.2) is 24.1 Å². The minimum Gasteiger partial charge on any atom is -0.444 e. The number of oxazole rings is 1. The number of aryl methyl sites for hydroxylation is 2. The first kappa shape index (κ1) is 21.4. The summed E-state index contributed by atoms with van der Waals surface area (Å²) in [5.74, 6) is 1.62. The molecule has 0 bridgehead atoms. The quantitative estimate of drug-likeness (QED) is 0.300. The Morgan fingerprint density at radius 2 is 1.69 bits per heavy atom. The Morgan fingerprint density at radius 3 is 2.51 bits per heavy atom. The summed E-state index contributed by atoms with van der Waals surface area (Å²) < 4.78 is 9.29. The number of rotatable bonds is 5. The average Bonchev–Trinajstić information content (AvgIpc) is 3.52. The van der Waals surface area contributed by atoms with Crippen molar-refractivity contribution in [2.75, 3.05) is 0 Å². The van der Waals surface area contributed by atoms with Crippen molar-refractivity contribution >= 4 is 28.4 Å². The fourth-order valence-electron chi connectivity index (χ4n) is 4.14. The lowest BCUT2D eigenvalue weighted by molar-refractivity contribution is 0.573. The summed E-state index contributed by atoms with van der Waals surface area (Å²) in [6.45, 7) is 4.03. The summed E-state index contributed by atoms with van der Waals surface area (Å²) in [6.07, 6.45) is 1.67. The summed E-state index contributed by atoms with van der Waals surface area (Å²) in [5.41, 5.74) is 5.35. The van der Waals surface area contributed by atoms with Crippen molar-refractivity contribution in [3.05, 3.63) is 106 Å². The maximum Gasteiger partial charge on any atom is 0.267 e. The topological polar surface area (TPSA) is 78.2 Å². The van der Waals surface area contributed by atoms with Gasteiger partial charge in [0.05, 0.1) is 22.3 Å². The van der Waals surface area contributed by atoms with E-state index in [2.05, 4.69) is 15.2 Å². The van der Waals surface area contributed by atoms with Crippen molar-refractivity contribution in [1.82, 2.24) is 24.1 Å². The SMILES string of the molecule is Cc1ccc(-c2nc(CSc3nnc4n(-c5ccccc5C)c(=O)c5ccccc5n34)co2)cc1. The van der Waals surface area contributed by atoms with E-state index in [1.54, 1.807) is 10.8 Å². The van der Waals surface area contributed by atoms with E-state index in [1.165, 1.54) is 17.3 Å². The van der Waals surface area contributed by atoms with Crippen LogP contribution in [0.25, 0.3) is 33.8 Å². The second kappa shape index (κ2) is 8.56. The van der Waals surface area contributed by atoms with Crippen molar-refractivity contribution in [3.63, 3.8) is 0 Å². The molecule has 0 saturated carbocycles. The van der Waals surface area contributed by atoms with Gasteiger partial charge in [-0.05, 0) is 49.7 Å². The molecule has 0 saturated heterocycles. The Kier molecular flexibility index (Phi) is 5.22. The molecular weight excluding hydrogens is 458 g/mol. The van der Waals surface area contributed by atoms with Crippen molar-refractivity contribution in [3.8, 4) is 17.1 Å². The van der Waals surface area contributed by atoms with Crippen LogP contribution in [0.4, 0.5) is 0 Å². The van der Waals surface area contributed by atoms with E-state index in [4.69, 9.17) is 4.42 Å². The van der Waals surface area contributed by atoms with Gasteiger partial charge in [0.2, 0.25) is 11.7 Å². The molecule has 0 spiro atoms. The predicted molar refractivity (Wildman–Crippen MR) is 137 cm³/mol. The number of hydrogen-bond donors (Lipinski definition) is 0. The summed E-state index contributed by atoms with van der Waals surface area (Å²) in [4.78, 5) is 18.1. The number of nitrogens with zero attached hydrogens (tertiary/aromatic N) is 5. The molecule has 3 aromatic heterocycles. The average molecular weight is 480 g/mol. The molecular formula is C27H21N5O2S. The Bertz CT molecular complexity index is 1750. The van der Waals surface area contributed by atoms with Gasteiger partial charge >= 0.3 is 0 Å². The van der Waals surface area contributed by atoms with Crippen molar-refractivity contribution in [2.45, 2.75) is 24.8 Å². The van der Waals surface area contributed by atoms with Crippen LogP contribution >= 0.6 is 11.8 Å². The smallest absolute Gasteiger partial charge is 0.267 e. The first-order valence-corrected chi connectivity index (χ1v) is 12.2. The molecule has 0 aliphatic carbocycles. The van der Waals surface area contributed by atoms with E-state index in [1.807, 2.05) is 91.0 Å². The van der Waals surface area contributed by atoms with Crippen LogP contribution in [0.3, 0.4) is 0 Å². The van der Waals surface area contributed by atoms with Crippen LogP contribution in [-0.2, 0) is 5.75 Å². The largest absolute Gasteiger partial charge is 0.444 e. The Labute approximate surface area is 205 Å². The third-order valence-corrected chi connectivity index (χ3v) is 6.91. The molecule has 0 fully saturated rings. The van der Waals surface area contributed by atoms with Crippen LogP contribution in [0.1, 0.15) is 16.8 Å². The van der Waals surface area contributed by atoms with Crippen LogP contribution in [0.15, 0.2) is 93.4 Å². The zero-order valence-electron chi connectivity index (χ0n) is 19.2. The predicted octanol–water partition coefficient (Wildman–Crippen LogP) is 5.60. The van der Waals surface area contributed by atoms with Gasteiger partial charge in [0, 0.05) is 11.3 Å². The molecule has 35 heavy (non-hydrogen) atoms. The molecule has 6 aromatic rings. The molecule has 0 amide bonds. The van der Waals surface area contributed by atoms with Gasteiger partial charge in [0.15, 0.2) is 5.16 Å². The monoisotopic (exact) mass is 479 g/mol. The van der Waals surface area contributed by atoms with Crippen molar-refractivity contribution in [1.29, 1.82) is 0 Å². The van der Waals surface area contributed by atoms with Gasteiger partial charge < -0.3 is 4.42 Å². The molecule has 7 nitrogen and oxygen atoms in total. The van der Waals surface area contributed by atoms with Gasteiger partial charge in [-0.3, -0.25) is 9.20 Å². The van der Waals surface area contributed by atoms with Gasteiger partial charge in [-0.25, -0.2) is 9.55 Å². The highest BCUT2D eigenvalue weighted by atomic mass is 32.2. The van der Waals surface area contributed by atoms with Gasteiger partial charge in [-0.2, -0.15) is 0 Å². The normalized spacial score (nSPS) is 11.5. The van der Waals surface area contributed by atoms with Crippen molar-refractivity contribution < 1.29 is 4.42 Å². The second-order valence-corrected chi connectivity index (χ2v) is 9.30. The minimum absolute atomic E-state index is 0.120. The molecule has 8 heteroatoms. The molecule has 0 radical (unpaired) electrons. The fourth-order valence-corrected chi connectivity index (χ4v) is 4.96. The summed E-state index contributed by atoms with van der Waals surface area (Å²) >= 11 is 1.50. The number of aromatic nitrogens is 5. The van der Waals surface area contributed by atoms with Gasteiger partial charge in [-0.15, -0.1) is 10.2 Å². The van der Waals surface area contributed by atoms with Crippen LogP contribution < -0.4 is 5.56 Å². The van der Waals surface area contributed by atoms with E-state index in [9.17, 15) is 4.79 Å². The molecule has 0 atom stereocenters. The van der Waals surface area contributed by atoms with Gasteiger partial charge in [-0.1, -0.05) is 59.8 Å². The third kappa shape index (κ3) is 3.72. The maximum atomic E-state index is 13.5. The van der Waals surface area contributed by atoms with Crippen LogP contribution in [0.2, 0.25) is 0 Å². The van der Waals surface area contributed by atoms with Crippen LogP contribution in [0, 0.1) is 13.8 Å². The molecule has 172 valence electrons. The molecule has 0 N–H and O–H groups in total. The van der Waals surface area contributed by atoms with Gasteiger partial charge in [0.1, 0.15) is 6.26 Å². The second-order valence-electron chi connectivity index (χ2n) is 8.36. The molecule has 3 heterocycles. The van der Waals surface area contributed by atoms with Gasteiger partial charge in [0.25, 0.3) is 5.56 Å². The lowest BCUT2D eigenvalue weighted by Crippen LogP contribution is -2.22. The van der Waals surface area contributed by atoms with E-state index < -0.39 is 0 Å². The molecule has 0 aliphatic rings. The lowest BCUT2D eigenvalue weighted by atomic mass is 10.1. The maximum absolute atomic E-state index is 13.5. The first-order valence-electron chi connectivity index (χ1n) is 11.2. The highest BCUT2D eigenvalue weighted by molar-refractivity contribution is 7.98. The zero-order chi connectivity index (χ0) is 23.9.